The van der Waals surface area contributed by atoms with Crippen LogP contribution in [0.4, 0.5) is 0 Å². The normalized spacial score (nSPS) is 27.1. The lowest BCUT2D eigenvalue weighted by Gasteiger charge is -2.27. The van der Waals surface area contributed by atoms with Gasteiger partial charge in [-0.1, -0.05) is 0 Å². The molecule has 2 aliphatic heterocycles. The summed E-state index contributed by atoms with van der Waals surface area (Å²) in [5, 5.41) is 5.93. The van der Waals surface area contributed by atoms with Gasteiger partial charge in [-0.25, -0.2) is 8.42 Å². The molecule has 20 heavy (non-hydrogen) atoms. The topological polar surface area (TPSA) is 87.7 Å². The molecule has 8 heteroatoms. The maximum absolute atomic E-state index is 11.8. The van der Waals surface area contributed by atoms with Gasteiger partial charge in [0.2, 0.25) is 5.91 Å². The Morgan fingerprint density at radius 3 is 2.80 bits per heavy atom. The Balaban J connectivity index is 1.62. The Labute approximate surface area is 120 Å². The Morgan fingerprint density at radius 1 is 1.35 bits per heavy atom. The van der Waals surface area contributed by atoms with Crippen molar-refractivity contribution >= 4 is 15.7 Å². The van der Waals surface area contributed by atoms with Crippen molar-refractivity contribution in [2.75, 3.05) is 57.4 Å². The van der Waals surface area contributed by atoms with Crippen molar-refractivity contribution in [3.63, 3.8) is 0 Å². The SMILES string of the molecule is O=C(CC1CS(=O)(=O)CCN1)NCCN1CCOCC1. The number of sulfone groups is 1. The van der Waals surface area contributed by atoms with Crippen LogP contribution in [0.15, 0.2) is 0 Å². The van der Waals surface area contributed by atoms with E-state index in [4.69, 9.17) is 4.74 Å². The number of nitrogens with one attached hydrogen (secondary N) is 2. The summed E-state index contributed by atoms with van der Waals surface area (Å²) in [6.45, 7) is 5.14. The Morgan fingerprint density at radius 2 is 2.10 bits per heavy atom. The third-order valence-electron chi connectivity index (χ3n) is 3.59. The molecule has 116 valence electrons. The summed E-state index contributed by atoms with van der Waals surface area (Å²) < 4.78 is 28.2. The third-order valence-corrected chi connectivity index (χ3v) is 5.32. The number of carbonyl (C=O) groups is 1. The van der Waals surface area contributed by atoms with Crippen LogP contribution in [0.1, 0.15) is 6.42 Å². The van der Waals surface area contributed by atoms with Crippen molar-refractivity contribution in [3.8, 4) is 0 Å². The zero-order chi connectivity index (χ0) is 14.4. The number of hydrogen-bond acceptors (Lipinski definition) is 6. The fraction of sp³-hybridized carbons (Fsp3) is 0.917. The largest absolute Gasteiger partial charge is 0.379 e. The van der Waals surface area contributed by atoms with E-state index < -0.39 is 9.84 Å². The maximum Gasteiger partial charge on any atom is 0.221 e. The molecule has 0 aromatic rings. The first-order valence-electron chi connectivity index (χ1n) is 7.06. The number of carbonyl (C=O) groups excluding carboxylic acids is 1. The smallest absolute Gasteiger partial charge is 0.221 e. The maximum atomic E-state index is 11.8. The average Bonchev–Trinajstić information content (AvgIpc) is 2.38. The predicted octanol–water partition coefficient (Wildman–Crippen LogP) is -1.79. The van der Waals surface area contributed by atoms with E-state index >= 15 is 0 Å². The van der Waals surface area contributed by atoms with Gasteiger partial charge in [-0.3, -0.25) is 9.69 Å². The molecule has 2 N–H and O–H groups in total. The number of morpholine rings is 1. The lowest BCUT2D eigenvalue weighted by molar-refractivity contribution is -0.121. The number of nitrogens with zero attached hydrogens (tertiary/aromatic N) is 1. The molecule has 1 unspecified atom stereocenters. The first-order chi connectivity index (χ1) is 9.55. The van der Waals surface area contributed by atoms with Gasteiger partial charge in [0.25, 0.3) is 0 Å². The minimum atomic E-state index is -2.98. The van der Waals surface area contributed by atoms with Gasteiger partial charge < -0.3 is 15.4 Å². The van der Waals surface area contributed by atoms with Crippen LogP contribution in [-0.4, -0.2) is 82.7 Å². The van der Waals surface area contributed by atoms with Gasteiger partial charge in [0, 0.05) is 45.2 Å². The summed E-state index contributed by atoms with van der Waals surface area (Å²) >= 11 is 0. The van der Waals surface area contributed by atoms with E-state index in [1.54, 1.807) is 0 Å². The van der Waals surface area contributed by atoms with Crippen molar-refractivity contribution in [1.82, 2.24) is 15.5 Å². The highest BCUT2D eigenvalue weighted by molar-refractivity contribution is 7.91. The van der Waals surface area contributed by atoms with Gasteiger partial charge in [0.05, 0.1) is 24.7 Å². The van der Waals surface area contributed by atoms with Crippen LogP contribution in [0, 0.1) is 0 Å². The lowest BCUT2D eigenvalue weighted by atomic mass is 10.2. The molecule has 0 bridgehead atoms. The highest BCUT2D eigenvalue weighted by atomic mass is 32.2. The molecule has 0 aromatic heterocycles. The van der Waals surface area contributed by atoms with Crippen LogP contribution in [0.5, 0.6) is 0 Å². The molecule has 1 atom stereocenters. The molecule has 2 fully saturated rings. The summed E-state index contributed by atoms with van der Waals surface area (Å²) in [6, 6.07) is -0.253. The van der Waals surface area contributed by atoms with Crippen LogP contribution in [0.25, 0.3) is 0 Å². The molecular weight excluding hydrogens is 282 g/mol. The van der Waals surface area contributed by atoms with E-state index in [-0.39, 0.29) is 29.9 Å². The summed E-state index contributed by atoms with van der Waals surface area (Å²) in [5.41, 5.74) is 0. The van der Waals surface area contributed by atoms with Gasteiger partial charge in [0.15, 0.2) is 9.84 Å². The summed E-state index contributed by atoms with van der Waals surface area (Å²) in [4.78, 5) is 14.0. The second-order valence-corrected chi connectivity index (χ2v) is 7.50. The Hall–Kier alpha value is -0.700. The van der Waals surface area contributed by atoms with Crippen molar-refractivity contribution in [3.05, 3.63) is 0 Å². The standard InChI is InChI=1S/C12H23N3O4S/c16-12(9-11-10-20(17,18)8-2-13-11)14-1-3-15-4-6-19-7-5-15/h11,13H,1-10H2,(H,14,16). The second-order valence-electron chi connectivity index (χ2n) is 5.27. The van der Waals surface area contributed by atoms with E-state index in [0.717, 1.165) is 32.8 Å². The molecule has 2 heterocycles. The van der Waals surface area contributed by atoms with Crippen molar-refractivity contribution in [1.29, 1.82) is 0 Å². The second kappa shape index (κ2) is 7.35. The summed E-state index contributed by atoms with van der Waals surface area (Å²) in [5.74, 6) is 0.138. The van der Waals surface area contributed by atoms with Gasteiger partial charge >= 0.3 is 0 Å². The van der Waals surface area contributed by atoms with Crippen LogP contribution in [-0.2, 0) is 19.4 Å². The van der Waals surface area contributed by atoms with Crippen LogP contribution in [0.2, 0.25) is 0 Å². The fourth-order valence-electron chi connectivity index (χ4n) is 2.47. The van der Waals surface area contributed by atoms with Crippen LogP contribution < -0.4 is 10.6 Å². The van der Waals surface area contributed by atoms with Gasteiger partial charge in [-0.2, -0.15) is 0 Å². The molecule has 0 aliphatic carbocycles. The number of amides is 1. The first kappa shape index (κ1) is 15.7. The van der Waals surface area contributed by atoms with Crippen molar-refractivity contribution < 1.29 is 17.9 Å². The predicted molar refractivity (Wildman–Crippen MR) is 75.3 cm³/mol. The van der Waals surface area contributed by atoms with E-state index in [2.05, 4.69) is 15.5 Å². The zero-order valence-electron chi connectivity index (χ0n) is 11.6. The molecule has 2 saturated heterocycles. The Kier molecular flexibility index (Phi) is 5.76. The van der Waals surface area contributed by atoms with Gasteiger partial charge in [-0.15, -0.1) is 0 Å². The summed E-state index contributed by atoms with van der Waals surface area (Å²) in [7, 11) is -2.98. The lowest BCUT2D eigenvalue weighted by Crippen LogP contribution is -2.48. The number of ether oxygens (including phenoxy) is 1. The molecule has 0 saturated carbocycles. The molecule has 0 aromatic carbocycles. The molecule has 0 radical (unpaired) electrons. The number of rotatable bonds is 5. The zero-order valence-corrected chi connectivity index (χ0v) is 12.5. The molecule has 1 amide bonds. The monoisotopic (exact) mass is 305 g/mol. The van der Waals surface area contributed by atoms with Crippen molar-refractivity contribution in [2.24, 2.45) is 0 Å². The minimum Gasteiger partial charge on any atom is -0.379 e. The Bertz CT molecular complexity index is 420. The van der Waals surface area contributed by atoms with Crippen LogP contribution >= 0.6 is 0 Å². The first-order valence-corrected chi connectivity index (χ1v) is 8.88. The van der Waals surface area contributed by atoms with E-state index in [0.29, 0.717) is 13.1 Å². The van der Waals surface area contributed by atoms with Gasteiger partial charge in [-0.05, 0) is 0 Å². The van der Waals surface area contributed by atoms with Crippen LogP contribution in [0.3, 0.4) is 0 Å². The third kappa shape index (κ3) is 5.35. The highest BCUT2D eigenvalue weighted by Crippen LogP contribution is 2.04. The highest BCUT2D eigenvalue weighted by Gasteiger charge is 2.25. The molecule has 2 rings (SSSR count). The minimum absolute atomic E-state index is 0.0594. The molecule has 7 nitrogen and oxygen atoms in total. The number of hydrogen-bond donors (Lipinski definition) is 2. The van der Waals surface area contributed by atoms with E-state index in [1.165, 1.54) is 0 Å². The molecule has 2 aliphatic rings. The van der Waals surface area contributed by atoms with Gasteiger partial charge in [0.1, 0.15) is 0 Å². The summed E-state index contributed by atoms with van der Waals surface area (Å²) in [6.07, 6.45) is 0.225. The molecular formula is C12H23N3O4S. The molecule has 0 spiro atoms. The quantitative estimate of drug-likeness (QED) is 0.624. The van der Waals surface area contributed by atoms with E-state index in [9.17, 15) is 13.2 Å². The van der Waals surface area contributed by atoms with Crippen molar-refractivity contribution in [2.45, 2.75) is 12.5 Å². The average molecular weight is 305 g/mol. The van der Waals surface area contributed by atoms with E-state index in [1.807, 2.05) is 0 Å². The fourth-order valence-corrected chi connectivity index (χ4v) is 3.92.